The van der Waals surface area contributed by atoms with Crippen molar-refractivity contribution in [1.82, 2.24) is 9.88 Å². The second-order valence-electron chi connectivity index (χ2n) is 6.57. The number of nitrogens with zero attached hydrogens (tertiary/aromatic N) is 1. The summed E-state index contributed by atoms with van der Waals surface area (Å²) in [7, 11) is 0. The zero-order valence-corrected chi connectivity index (χ0v) is 14.5. The Morgan fingerprint density at radius 3 is 2.74 bits per heavy atom. The summed E-state index contributed by atoms with van der Waals surface area (Å²) in [6.07, 6.45) is 0.962. The molecule has 1 amide bonds. The van der Waals surface area contributed by atoms with Crippen LogP contribution in [-0.4, -0.2) is 40.0 Å². The number of amides is 1. The van der Waals surface area contributed by atoms with E-state index in [9.17, 15) is 23.6 Å². The smallest absolute Gasteiger partial charge is 0.305 e. The molecule has 8 heteroatoms. The fraction of sp³-hybridized carbons (Fsp3) is 0.368. The second-order valence-corrected chi connectivity index (χ2v) is 6.57. The third kappa shape index (κ3) is 3.74. The van der Waals surface area contributed by atoms with Crippen molar-refractivity contribution in [2.75, 3.05) is 6.67 Å². The normalized spacial score (nSPS) is 17.1. The third-order valence-electron chi connectivity index (χ3n) is 4.78. The van der Waals surface area contributed by atoms with Crippen molar-refractivity contribution in [2.24, 2.45) is 0 Å². The molecule has 0 saturated carbocycles. The summed E-state index contributed by atoms with van der Waals surface area (Å²) >= 11 is 0. The van der Waals surface area contributed by atoms with Crippen molar-refractivity contribution in [1.29, 1.82) is 0 Å². The van der Waals surface area contributed by atoms with Gasteiger partial charge in [0.05, 0.1) is 6.42 Å². The fourth-order valence-electron chi connectivity index (χ4n) is 3.50. The van der Waals surface area contributed by atoms with Gasteiger partial charge in [-0.05, 0) is 36.8 Å². The number of aliphatic carboxylic acids is 1. The molecule has 1 aliphatic rings. The Hall–Kier alpha value is -3.03. The third-order valence-corrected chi connectivity index (χ3v) is 4.78. The molecule has 2 N–H and O–H groups in total. The van der Waals surface area contributed by atoms with Crippen LogP contribution >= 0.6 is 0 Å². The van der Waals surface area contributed by atoms with Gasteiger partial charge in [-0.3, -0.25) is 23.7 Å². The van der Waals surface area contributed by atoms with E-state index >= 15 is 0 Å². The number of carbonyl (C=O) groups excluding carboxylic acids is 2. The van der Waals surface area contributed by atoms with Crippen molar-refractivity contribution in [3.63, 3.8) is 0 Å². The van der Waals surface area contributed by atoms with Gasteiger partial charge < -0.3 is 10.4 Å². The molecular weight excluding hydrogens is 355 g/mol. The SMILES string of the molecule is O=C(O)CC(NC(=O)[C@@H]1CCCc2cc3ccccc3c(=O)n21)C(=O)CF. The Morgan fingerprint density at radius 1 is 1.30 bits per heavy atom. The molecule has 0 bridgehead atoms. The first kappa shape index (κ1) is 18.8. The number of rotatable bonds is 6. The molecule has 1 unspecified atom stereocenters. The largest absolute Gasteiger partial charge is 0.481 e. The Labute approximate surface area is 153 Å². The lowest BCUT2D eigenvalue weighted by molar-refractivity contribution is -0.140. The lowest BCUT2D eigenvalue weighted by Crippen LogP contribution is -2.48. The van der Waals surface area contributed by atoms with Gasteiger partial charge in [0.15, 0.2) is 5.78 Å². The molecule has 0 fully saturated rings. The number of halogens is 1. The van der Waals surface area contributed by atoms with Crippen molar-refractivity contribution in [2.45, 2.75) is 37.8 Å². The molecule has 2 heterocycles. The Bertz CT molecular complexity index is 968. The molecule has 1 aromatic heterocycles. The number of hydrogen-bond donors (Lipinski definition) is 2. The number of carboxylic acid groups (broad SMARTS) is 1. The Kier molecular flexibility index (Phi) is 5.34. The van der Waals surface area contributed by atoms with Gasteiger partial charge in [-0.2, -0.15) is 0 Å². The first-order valence-electron chi connectivity index (χ1n) is 8.66. The van der Waals surface area contributed by atoms with Crippen LogP contribution in [0.25, 0.3) is 10.8 Å². The summed E-state index contributed by atoms with van der Waals surface area (Å²) < 4.78 is 14.1. The van der Waals surface area contributed by atoms with Gasteiger partial charge in [0.25, 0.3) is 5.56 Å². The summed E-state index contributed by atoms with van der Waals surface area (Å²) in [5.74, 6) is -2.98. The van der Waals surface area contributed by atoms with Gasteiger partial charge in [-0.25, -0.2) is 4.39 Å². The second kappa shape index (κ2) is 7.69. The van der Waals surface area contributed by atoms with Gasteiger partial charge in [0.2, 0.25) is 5.91 Å². The number of benzene rings is 1. The molecule has 2 atom stereocenters. The van der Waals surface area contributed by atoms with Crippen LogP contribution in [0.3, 0.4) is 0 Å². The monoisotopic (exact) mass is 374 g/mol. The van der Waals surface area contributed by atoms with Crippen molar-refractivity contribution < 1.29 is 23.9 Å². The number of fused-ring (bicyclic) bond motifs is 2. The van der Waals surface area contributed by atoms with Crippen molar-refractivity contribution in [3.8, 4) is 0 Å². The van der Waals surface area contributed by atoms with E-state index < -0.39 is 42.8 Å². The first-order valence-corrected chi connectivity index (χ1v) is 8.66. The minimum atomic E-state index is -1.46. The van der Waals surface area contributed by atoms with Crippen LogP contribution in [0.5, 0.6) is 0 Å². The Balaban J connectivity index is 1.96. The molecule has 2 aromatic rings. The predicted molar refractivity (Wildman–Crippen MR) is 95.3 cm³/mol. The number of Topliss-reactive ketones (excluding diaryl/α,β-unsaturated/α-hetero) is 1. The maximum atomic E-state index is 12.9. The van der Waals surface area contributed by atoms with Crippen LogP contribution in [0.2, 0.25) is 0 Å². The highest BCUT2D eigenvalue weighted by Gasteiger charge is 2.31. The van der Waals surface area contributed by atoms with Crippen molar-refractivity contribution >= 4 is 28.4 Å². The highest BCUT2D eigenvalue weighted by atomic mass is 19.1. The number of ketones is 1. The molecule has 7 nitrogen and oxygen atoms in total. The van der Waals surface area contributed by atoms with Gasteiger partial charge in [0, 0.05) is 11.1 Å². The molecule has 1 aliphatic heterocycles. The van der Waals surface area contributed by atoms with Crippen LogP contribution in [-0.2, 0) is 20.8 Å². The van der Waals surface area contributed by atoms with Gasteiger partial charge in [-0.1, -0.05) is 18.2 Å². The van der Waals surface area contributed by atoms with E-state index in [1.54, 1.807) is 12.1 Å². The number of alkyl halides is 1. The number of carbonyl (C=O) groups is 3. The van der Waals surface area contributed by atoms with E-state index in [2.05, 4.69) is 5.32 Å². The molecule has 3 rings (SSSR count). The summed E-state index contributed by atoms with van der Waals surface area (Å²) in [6, 6.07) is 6.59. The number of carboxylic acids is 1. The quantitative estimate of drug-likeness (QED) is 0.795. The van der Waals surface area contributed by atoms with Gasteiger partial charge in [-0.15, -0.1) is 0 Å². The minimum Gasteiger partial charge on any atom is -0.481 e. The zero-order valence-electron chi connectivity index (χ0n) is 14.5. The average molecular weight is 374 g/mol. The molecule has 0 spiro atoms. The molecule has 27 heavy (non-hydrogen) atoms. The van der Waals surface area contributed by atoms with Gasteiger partial charge in [0.1, 0.15) is 18.8 Å². The lowest BCUT2D eigenvalue weighted by atomic mass is 9.98. The molecular formula is C19H19FN2O5. The number of nitrogens with one attached hydrogen (secondary N) is 1. The topological polar surface area (TPSA) is 105 Å². The summed E-state index contributed by atoms with van der Waals surface area (Å²) in [6.45, 7) is -1.37. The molecule has 0 saturated heterocycles. The maximum absolute atomic E-state index is 12.9. The highest BCUT2D eigenvalue weighted by molar-refractivity contribution is 5.93. The standard InChI is InChI=1S/C19H19FN2O5/c20-10-16(23)14(9-17(24)25)21-18(26)15-7-3-5-12-8-11-4-1-2-6-13(11)19(27)22(12)15/h1-2,4,6,8,14-15H,3,5,7,9-10H2,(H,21,26)(H,24,25)/t14?,15-/m0/s1. The minimum absolute atomic E-state index is 0.311. The average Bonchev–Trinajstić information content (AvgIpc) is 2.66. The van der Waals surface area contributed by atoms with E-state index in [-0.39, 0.29) is 5.56 Å². The fourth-order valence-corrected chi connectivity index (χ4v) is 3.50. The molecule has 0 radical (unpaired) electrons. The van der Waals surface area contributed by atoms with E-state index in [4.69, 9.17) is 5.11 Å². The van der Waals surface area contributed by atoms with E-state index in [0.29, 0.717) is 30.3 Å². The zero-order chi connectivity index (χ0) is 19.6. The molecule has 0 aliphatic carbocycles. The summed E-state index contributed by atoms with van der Waals surface area (Å²) in [4.78, 5) is 48.2. The molecule has 142 valence electrons. The number of pyridine rings is 1. The van der Waals surface area contributed by atoms with Crippen LogP contribution in [0, 0.1) is 0 Å². The maximum Gasteiger partial charge on any atom is 0.305 e. The van der Waals surface area contributed by atoms with E-state index in [0.717, 1.165) is 5.39 Å². The number of aryl methyl sites for hydroxylation is 1. The van der Waals surface area contributed by atoms with E-state index in [1.807, 2.05) is 18.2 Å². The van der Waals surface area contributed by atoms with Crippen molar-refractivity contribution in [3.05, 3.63) is 46.4 Å². The Morgan fingerprint density at radius 2 is 2.04 bits per heavy atom. The first-order chi connectivity index (χ1) is 12.9. The number of hydrogen-bond acceptors (Lipinski definition) is 4. The molecule has 1 aromatic carbocycles. The summed E-state index contributed by atoms with van der Waals surface area (Å²) in [5, 5.41) is 12.5. The van der Waals surface area contributed by atoms with Gasteiger partial charge >= 0.3 is 5.97 Å². The van der Waals surface area contributed by atoms with Crippen LogP contribution in [0.15, 0.2) is 35.1 Å². The van der Waals surface area contributed by atoms with E-state index in [1.165, 1.54) is 4.57 Å². The summed E-state index contributed by atoms with van der Waals surface area (Å²) in [5.41, 5.74) is 0.395. The van der Waals surface area contributed by atoms with Crippen LogP contribution in [0.4, 0.5) is 4.39 Å². The van der Waals surface area contributed by atoms with Crippen LogP contribution < -0.4 is 10.9 Å². The van der Waals surface area contributed by atoms with Crippen LogP contribution in [0.1, 0.15) is 31.0 Å². The number of aromatic nitrogens is 1. The predicted octanol–water partition coefficient (Wildman–Crippen LogP) is 1.38. The lowest BCUT2D eigenvalue weighted by Gasteiger charge is -2.28. The highest BCUT2D eigenvalue weighted by Crippen LogP contribution is 2.26.